The predicted octanol–water partition coefficient (Wildman–Crippen LogP) is 2.48. The summed E-state index contributed by atoms with van der Waals surface area (Å²) in [5, 5.41) is 0. The molecular formula is C13H27NO2. The van der Waals surface area contributed by atoms with Gasteiger partial charge in [0.1, 0.15) is 0 Å². The van der Waals surface area contributed by atoms with Crippen LogP contribution >= 0.6 is 0 Å². The number of methoxy groups -OCH3 is 1. The summed E-state index contributed by atoms with van der Waals surface area (Å²) in [7, 11) is 1.80. The maximum Gasteiger partial charge on any atom is 0.0599 e. The van der Waals surface area contributed by atoms with E-state index in [9.17, 15) is 0 Å². The van der Waals surface area contributed by atoms with Crippen LogP contribution in [0.3, 0.4) is 0 Å². The van der Waals surface area contributed by atoms with E-state index in [1.807, 2.05) is 0 Å². The molecule has 1 aliphatic carbocycles. The highest BCUT2D eigenvalue weighted by molar-refractivity contribution is 4.73. The zero-order chi connectivity index (χ0) is 11.8. The highest BCUT2D eigenvalue weighted by Crippen LogP contribution is 2.23. The van der Waals surface area contributed by atoms with Crippen LogP contribution in [0.1, 0.15) is 51.9 Å². The molecular weight excluding hydrogens is 202 g/mol. The second-order valence-corrected chi connectivity index (χ2v) is 4.99. The summed E-state index contributed by atoms with van der Waals surface area (Å²) < 4.78 is 11.3. The lowest BCUT2D eigenvalue weighted by Crippen LogP contribution is -2.27. The summed E-state index contributed by atoms with van der Waals surface area (Å²) in [5.74, 6) is 0. The number of unbranched alkanes of at least 4 members (excludes halogenated alkanes) is 1. The predicted molar refractivity (Wildman–Crippen MR) is 66.5 cm³/mol. The van der Waals surface area contributed by atoms with Gasteiger partial charge in [0.15, 0.2) is 0 Å². The average molecular weight is 229 g/mol. The number of rotatable bonds is 7. The van der Waals surface area contributed by atoms with Crippen LogP contribution in [0.2, 0.25) is 0 Å². The second-order valence-electron chi connectivity index (χ2n) is 4.99. The summed E-state index contributed by atoms with van der Waals surface area (Å²) in [4.78, 5) is 0. The molecule has 16 heavy (non-hydrogen) atoms. The maximum absolute atomic E-state index is 5.88. The maximum atomic E-state index is 5.88. The van der Waals surface area contributed by atoms with Gasteiger partial charge in [-0.2, -0.15) is 0 Å². The van der Waals surface area contributed by atoms with Crippen LogP contribution in [-0.2, 0) is 9.47 Å². The summed E-state index contributed by atoms with van der Waals surface area (Å²) in [6.07, 6.45) is 8.97. The largest absolute Gasteiger partial charge is 0.381 e. The van der Waals surface area contributed by atoms with E-state index in [1.54, 1.807) is 7.11 Å². The Morgan fingerprint density at radius 1 is 1.25 bits per heavy atom. The zero-order valence-corrected chi connectivity index (χ0v) is 10.8. The van der Waals surface area contributed by atoms with Gasteiger partial charge in [-0.25, -0.2) is 0 Å². The minimum atomic E-state index is 0.326. The van der Waals surface area contributed by atoms with Gasteiger partial charge < -0.3 is 15.2 Å². The Kier molecular flexibility index (Phi) is 7.01. The zero-order valence-electron chi connectivity index (χ0n) is 10.8. The molecule has 1 rings (SSSR count). The third-order valence-electron chi connectivity index (χ3n) is 3.32. The van der Waals surface area contributed by atoms with Crippen LogP contribution in [0.5, 0.6) is 0 Å². The van der Waals surface area contributed by atoms with E-state index in [4.69, 9.17) is 15.2 Å². The molecule has 3 unspecified atom stereocenters. The van der Waals surface area contributed by atoms with E-state index in [0.29, 0.717) is 18.2 Å². The molecule has 0 aromatic heterocycles. The van der Waals surface area contributed by atoms with Gasteiger partial charge in [0.05, 0.1) is 12.2 Å². The summed E-state index contributed by atoms with van der Waals surface area (Å²) in [5.41, 5.74) is 5.70. The van der Waals surface area contributed by atoms with Crippen LogP contribution in [-0.4, -0.2) is 32.0 Å². The Morgan fingerprint density at radius 3 is 2.69 bits per heavy atom. The van der Waals surface area contributed by atoms with Crippen molar-refractivity contribution in [2.75, 3.05) is 13.7 Å². The Morgan fingerprint density at radius 2 is 2.00 bits per heavy atom. The number of ether oxygens (including phenoxy) is 2. The third-order valence-corrected chi connectivity index (χ3v) is 3.32. The lowest BCUT2D eigenvalue weighted by atomic mass is 9.95. The molecule has 0 aromatic carbocycles. The summed E-state index contributed by atoms with van der Waals surface area (Å²) >= 11 is 0. The minimum Gasteiger partial charge on any atom is -0.381 e. The molecule has 0 heterocycles. The highest BCUT2D eigenvalue weighted by atomic mass is 16.5. The molecule has 0 spiro atoms. The molecule has 0 aromatic rings. The van der Waals surface area contributed by atoms with Crippen LogP contribution in [0.4, 0.5) is 0 Å². The number of nitrogens with two attached hydrogens (primary N) is 1. The van der Waals surface area contributed by atoms with Crippen molar-refractivity contribution >= 4 is 0 Å². The first-order valence-corrected chi connectivity index (χ1v) is 6.62. The van der Waals surface area contributed by atoms with E-state index in [2.05, 4.69) is 6.92 Å². The van der Waals surface area contributed by atoms with Crippen LogP contribution in [0.15, 0.2) is 0 Å². The van der Waals surface area contributed by atoms with Crippen molar-refractivity contribution in [1.82, 2.24) is 0 Å². The topological polar surface area (TPSA) is 44.5 Å². The molecule has 3 heteroatoms. The van der Waals surface area contributed by atoms with Crippen molar-refractivity contribution in [2.24, 2.45) is 5.73 Å². The van der Waals surface area contributed by atoms with E-state index in [1.165, 1.54) is 25.7 Å². The fourth-order valence-corrected chi connectivity index (χ4v) is 2.29. The first-order valence-electron chi connectivity index (χ1n) is 6.62. The first-order chi connectivity index (χ1) is 7.72. The Labute approximate surface area is 99.7 Å². The lowest BCUT2D eigenvalue weighted by Gasteiger charge is -2.28. The molecule has 3 atom stereocenters. The van der Waals surface area contributed by atoms with Crippen molar-refractivity contribution < 1.29 is 9.47 Å². The standard InChI is InChI=1S/C13H27NO2/c1-11(14)6-3-4-9-16-13-8-5-7-12(10-13)15-2/h11-13H,3-10,14H2,1-2H3. The second kappa shape index (κ2) is 8.04. The monoisotopic (exact) mass is 229 g/mol. The molecule has 0 radical (unpaired) electrons. The summed E-state index contributed by atoms with van der Waals surface area (Å²) in [6, 6.07) is 0.326. The SMILES string of the molecule is COC1CCCC(OCCCCC(C)N)C1. The Hall–Kier alpha value is -0.120. The Bertz CT molecular complexity index is 173. The van der Waals surface area contributed by atoms with Crippen LogP contribution in [0, 0.1) is 0 Å². The van der Waals surface area contributed by atoms with E-state index >= 15 is 0 Å². The first kappa shape index (κ1) is 13.9. The van der Waals surface area contributed by atoms with E-state index in [-0.39, 0.29) is 0 Å². The molecule has 0 saturated heterocycles. The van der Waals surface area contributed by atoms with Crippen LogP contribution in [0.25, 0.3) is 0 Å². The van der Waals surface area contributed by atoms with Crippen molar-refractivity contribution in [1.29, 1.82) is 0 Å². The van der Waals surface area contributed by atoms with Gasteiger partial charge in [-0.1, -0.05) is 0 Å². The fraction of sp³-hybridized carbons (Fsp3) is 1.00. The molecule has 1 fully saturated rings. The van der Waals surface area contributed by atoms with Crippen molar-refractivity contribution in [3.63, 3.8) is 0 Å². The lowest BCUT2D eigenvalue weighted by molar-refractivity contribution is -0.0303. The molecule has 96 valence electrons. The van der Waals surface area contributed by atoms with Crippen molar-refractivity contribution in [3.05, 3.63) is 0 Å². The summed E-state index contributed by atoms with van der Waals surface area (Å²) in [6.45, 7) is 2.94. The fourth-order valence-electron chi connectivity index (χ4n) is 2.29. The van der Waals surface area contributed by atoms with Crippen molar-refractivity contribution in [3.8, 4) is 0 Å². The molecule has 0 bridgehead atoms. The molecule has 1 aliphatic rings. The average Bonchev–Trinajstić information content (AvgIpc) is 2.28. The molecule has 3 nitrogen and oxygen atoms in total. The van der Waals surface area contributed by atoms with Gasteiger partial charge in [0.25, 0.3) is 0 Å². The molecule has 0 amide bonds. The molecule has 1 saturated carbocycles. The van der Waals surface area contributed by atoms with Gasteiger partial charge in [0.2, 0.25) is 0 Å². The minimum absolute atomic E-state index is 0.326. The van der Waals surface area contributed by atoms with Gasteiger partial charge in [0, 0.05) is 19.8 Å². The Balaban J connectivity index is 1.99. The number of hydrogen-bond acceptors (Lipinski definition) is 3. The van der Waals surface area contributed by atoms with Gasteiger partial charge in [-0.15, -0.1) is 0 Å². The normalized spacial score (nSPS) is 27.9. The highest BCUT2D eigenvalue weighted by Gasteiger charge is 2.21. The van der Waals surface area contributed by atoms with Gasteiger partial charge >= 0.3 is 0 Å². The number of hydrogen-bond donors (Lipinski definition) is 1. The molecule has 2 N–H and O–H groups in total. The van der Waals surface area contributed by atoms with Gasteiger partial charge in [-0.3, -0.25) is 0 Å². The van der Waals surface area contributed by atoms with E-state index in [0.717, 1.165) is 25.9 Å². The quantitative estimate of drug-likeness (QED) is 0.682. The molecule has 0 aliphatic heterocycles. The van der Waals surface area contributed by atoms with Gasteiger partial charge in [-0.05, 0) is 51.9 Å². The van der Waals surface area contributed by atoms with E-state index < -0.39 is 0 Å². The van der Waals surface area contributed by atoms with Crippen LogP contribution < -0.4 is 5.73 Å². The third kappa shape index (κ3) is 5.83. The smallest absolute Gasteiger partial charge is 0.0599 e. The van der Waals surface area contributed by atoms with Crippen molar-refractivity contribution in [2.45, 2.75) is 70.1 Å².